The smallest absolute Gasteiger partial charge is 0.326 e. The first kappa shape index (κ1) is 14.2. The van der Waals surface area contributed by atoms with Crippen LogP contribution in [0.5, 0.6) is 0 Å². The number of carbonyl (C=O) groups excluding carboxylic acids is 2. The number of carbonyl (C=O) groups is 3. The van der Waals surface area contributed by atoms with E-state index < -0.39 is 30.4 Å². The first-order valence-corrected chi connectivity index (χ1v) is 5.78. The molecule has 6 N–H and O–H groups in total. The highest BCUT2D eigenvalue weighted by Gasteiger charge is 2.23. The molecule has 0 aromatic heterocycles. The number of urea groups is 1. The van der Waals surface area contributed by atoms with Crippen LogP contribution in [0.3, 0.4) is 0 Å². The summed E-state index contributed by atoms with van der Waals surface area (Å²) in [5.74, 6) is -2.06. The maximum atomic E-state index is 11.5. The number of rotatable bonds is 5. The molecule has 1 aliphatic rings. The lowest BCUT2D eigenvalue weighted by Crippen LogP contribution is -2.52. The second-order valence-corrected chi connectivity index (χ2v) is 4.20. The molecule has 8 heteroatoms. The Hall–Kier alpha value is -1.83. The van der Waals surface area contributed by atoms with Crippen LogP contribution < -0.4 is 21.7 Å². The summed E-state index contributed by atoms with van der Waals surface area (Å²) in [6.45, 7) is 1.63. The van der Waals surface area contributed by atoms with Gasteiger partial charge in [-0.1, -0.05) is 0 Å². The average Bonchev–Trinajstić information content (AvgIpc) is 2.28. The molecule has 8 nitrogen and oxygen atoms in total. The summed E-state index contributed by atoms with van der Waals surface area (Å²) in [7, 11) is 0. The molecule has 0 aromatic rings. The third-order valence-electron chi connectivity index (χ3n) is 2.68. The van der Waals surface area contributed by atoms with Crippen LogP contribution >= 0.6 is 0 Å². The second kappa shape index (κ2) is 6.80. The molecule has 0 unspecified atom stereocenters. The molecule has 1 saturated heterocycles. The zero-order valence-electron chi connectivity index (χ0n) is 9.94. The van der Waals surface area contributed by atoms with Gasteiger partial charge in [0, 0.05) is 6.04 Å². The standard InChI is InChI=1S/C10H18N4O4/c11-8(15)5-7(9(16)17)14-10(18)13-6-1-3-12-4-2-6/h6-7,12H,1-5H2,(H2,11,15)(H,16,17)(H2,13,14,18)/t7-/m0/s1. The van der Waals surface area contributed by atoms with Crippen LogP contribution in [0.1, 0.15) is 19.3 Å². The predicted molar refractivity (Wildman–Crippen MR) is 62.8 cm³/mol. The Morgan fingerprint density at radius 2 is 1.94 bits per heavy atom. The fourth-order valence-electron chi connectivity index (χ4n) is 1.75. The fourth-order valence-corrected chi connectivity index (χ4v) is 1.75. The van der Waals surface area contributed by atoms with E-state index in [2.05, 4.69) is 16.0 Å². The summed E-state index contributed by atoms with van der Waals surface area (Å²) in [6.07, 6.45) is 1.16. The molecule has 1 aliphatic heterocycles. The first-order valence-electron chi connectivity index (χ1n) is 5.78. The predicted octanol–water partition coefficient (Wildman–Crippen LogP) is -1.63. The third kappa shape index (κ3) is 5.00. The van der Waals surface area contributed by atoms with Gasteiger partial charge in [0.1, 0.15) is 6.04 Å². The van der Waals surface area contributed by atoms with E-state index in [0.29, 0.717) is 0 Å². The van der Waals surface area contributed by atoms with Crippen molar-refractivity contribution in [3.05, 3.63) is 0 Å². The van der Waals surface area contributed by atoms with E-state index in [1.807, 2.05) is 0 Å². The van der Waals surface area contributed by atoms with Crippen LogP contribution in [-0.4, -0.2) is 48.2 Å². The minimum absolute atomic E-state index is 0.0225. The molecule has 18 heavy (non-hydrogen) atoms. The van der Waals surface area contributed by atoms with Gasteiger partial charge in [0.2, 0.25) is 5.91 Å². The highest BCUT2D eigenvalue weighted by molar-refractivity contribution is 5.87. The van der Waals surface area contributed by atoms with Crippen molar-refractivity contribution in [1.82, 2.24) is 16.0 Å². The van der Waals surface area contributed by atoms with Crippen molar-refractivity contribution in [2.75, 3.05) is 13.1 Å². The van der Waals surface area contributed by atoms with Gasteiger partial charge in [0.25, 0.3) is 0 Å². The van der Waals surface area contributed by atoms with E-state index in [1.54, 1.807) is 0 Å². The maximum Gasteiger partial charge on any atom is 0.326 e. The van der Waals surface area contributed by atoms with Gasteiger partial charge in [-0.15, -0.1) is 0 Å². The molecule has 0 aromatic carbocycles. The van der Waals surface area contributed by atoms with Crippen LogP contribution in [0, 0.1) is 0 Å². The molecule has 3 amide bonds. The van der Waals surface area contributed by atoms with Crippen molar-refractivity contribution in [3.8, 4) is 0 Å². The van der Waals surface area contributed by atoms with E-state index in [9.17, 15) is 14.4 Å². The van der Waals surface area contributed by atoms with Gasteiger partial charge in [-0.25, -0.2) is 9.59 Å². The molecule has 1 heterocycles. The average molecular weight is 258 g/mol. The molecule has 102 valence electrons. The van der Waals surface area contributed by atoms with E-state index >= 15 is 0 Å². The summed E-state index contributed by atoms with van der Waals surface area (Å²) in [5, 5.41) is 16.9. The van der Waals surface area contributed by atoms with Gasteiger partial charge < -0.3 is 26.8 Å². The van der Waals surface area contributed by atoms with Crippen LogP contribution in [0.4, 0.5) is 4.79 Å². The van der Waals surface area contributed by atoms with Crippen LogP contribution in [0.2, 0.25) is 0 Å². The van der Waals surface area contributed by atoms with Crippen LogP contribution in [0.25, 0.3) is 0 Å². The number of hydrogen-bond donors (Lipinski definition) is 5. The van der Waals surface area contributed by atoms with Gasteiger partial charge >= 0.3 is 12.0 Å². The summed E-state index contributed by atoms with van der Waals surface area (Å²) >= 11 is 0. The quantitative estimate of drug-likeness (QED) is 0.403. The first-order chi connectivity index (χ1) is 8.49. The van der Waals surface area contributed by atoms with Crippen molar-refractivity contribution in [3.63, 3.8) is 0 Å². The molecule has 0 radical (unpaired) electrons. The number of carboxylic acid groups (broad SMARTS) is 1. The van der Waals surface area contributed by atoms with Gasteiger partial charge in [-0.05, 0) is 25.9 Å². The van der Waals surface area contributed by atoms with Crippen LogP contribution in [-0.2, 0) is 9.59 Å². The number of nitrogens with one attached hydrogen (secondary N) is 3. The van der Waals surface area contributed by atoms with Gasteiger partial charge in [0.15, 0.2) is 0 Å². The summed E-state index contributed by atoms with van der Waals surface area (Å²) in [4.78, 5) is 33.0. The molecule has 1 fully saturated rings. The normalized spacial score (nSPS) is 17.8. The lowest BCUT2D eigenvalue weighted by atomic mass is 10.1. The van der Waals surface area contributed by atoms with E-state index in [0.717, 1.165) is 25.9 Å². The molecular formula is C10H18N4O4. The molecule has 1 rings (SSSR count). The number of piperidine rings is 1. The number of aliphatic carboxylic acids is 1. The minimum atomic E-state index is -1.29. The maximum absolute atomic E-state index is 11.5. The summed E-state index contributed by atoms with van der Waals surface area (Å²) in [5.41, 5.74) is 4.91. The van der Waals surface area contributed by atoms with Gasteiger partial charge in [0.05, 0.1) is 6.42 Å². The lowest BCUT2D eigenvalue weighted by molar-refractivity contribution is -0.140. The Balaban J connectivity index is 2.40. The number of carboxylic acids is 1. The van der Waals surface area contributed by atoms with Gasteiger partial charge in [-0.2, -0.15) is 0 Å². The molecule has 0 saturated carbocycles. The Labute approximate surface area is 104 Å². The van der Waals surface area contributed by atoms with Crippen molar-refractivity contribution in [2.24, 2.45) is 5.73 Å². The lowest BCUT2D eigenvalue weighted by Gasteiger charge is -2.24. The van der Waals surface area contributed by atoms with E-state index in [4.69, 9.17) is 10.8 Å². The highest BCUT2D eigenvalue weighted by Crippen LogP contribution is 2.01. The fraction of sp³-hybridized carbons (Fsp3) is 0.700. The van der Waals surface area contributed by atoms with Crippen molar-refractivity contribution >= 4 is 17.9 Å². The Bertz CT molecular complexity index is 328. The van der Waals surface area contributed by atoms with E-state index in [1.165, 1.54) is 0 Å². The Morgan fingerprint density at radius 3 is 2.44 bits per heavy atom. The van der Waals surface area contributed by atoms with Gasteiger partial charge in [-0.3, -0.25) is 4.79 Å². The Morgan fingerprint density at radius 1 is 1.33 bits per heavy atom. The van der Waals surface area contributed by atoms with Crippen LogP contribution in [0.15, 0.2) is 0 Å². The molecule has 0 spiro atoms. The zero-order valence-corrected chi connectivity index (χ0v) is 9.94. The molecule has 0 aliphatic carbocycles. The number of primary amides is 1. The molecular weight excluding hydrogens is 240 g/mol. The number of nitrogens with two attached hydrogens (primary N) is 1. The van der Waals surface area contributed by atoms with Crippen molar-refractivity contribution in [2.45, 2.75) is 31.3 Å². The largest absolute Gasteiger partial charge is 0.480 e. The number of hydrogen-bond acceptors (Lipinski definition) is 4. The third-order valence-corrected chi connectivity index (χ3v) is 2.68. The SMILES string of the molecule is NC(=O)C[C@H](NC(=O)NC1CCNCC1)C(=O)O. The van der Waals surface area contributed by atoms with Crippen molar-refractivity contribution < 1.29 is 19.5 Å². The zero-order chi connectivity index (χ0) is 13.5. The molecule has 1 atom stereocenters. The minimum Gasteiger partial charge on any atom is -0.480 e. The Kier molecular flexibility index (Phi) is 5.37. The topological polar surface area (TPSA) is 134 Å². The highest BCUT2D eigenvalue weighted by atomic mass is 16.4. The molecule has 0 bridgehead atoms. The summed E-state index contributed by atoms with van der Waals surface area (Å²) < 4.78 is 0. The monoisotopic (exact) mass is 258 g/mol. The second-order valence-electron chi connectivity index (χ2n) is 4.20. The van der Waals surface area contributed by atoms with E-state index in [-0.39, 0.29) is 6.04 Å². The van der Waals surface area contributed by atoms with Crippen molar-refractivity contribution in [1.29, 1.82) is 0 Å². The summed E-state index contributed by atoms with van der Waals surface area (Å²) in [6, 6.07) is -1.85. The number of amides is 3.